The number of hydrogen-bond donors (Lipinski definition) is 3. The lowest BCUT2D eigenvalue weighted by atomic mass is 10.1. The van der Waals surface area contributed by atoms with Crippen molar-refractivity contribution < 1.29 is 45.4 Å². The molecular formula is C16H30O10S2. The molecule has 0 atom stereocenters. The molecule has 0 aromatic rings. The van der Waals surface area contributed by atoms with Crippen LogP contribution in [0.25, 0.3) is 0 Å². The molecule has 0 fully saturated rings. The fourth-order valence-corrected chi connectivity index (χ4v) is 4.88. The fraction of sp³-hybridized carbons (Fsp3) is 0.875. The van der Waals surface area contributed by atoms with Gasteiger partial charge in [-0.05, 0) is 6.42 Å². The topological polar surface area (TPSA) is 172 Å². The van der Waals surface area contributed by atoms with Crippen molar-refractivity contribution >= 4 is 32.2 Å². The first-order chi connectivity index (χ1) is 12.9. The van der Waals surface area contributed by atoms with Gasteiger partial charge in [-0.3, -0.25) is 13.9 Å². The number of carbonyl (C=O) groups excluding carboxylic acids is 1. The first-order valence-corrected chi connectivity index (χ1v) is 12.1. The molecule has 0 amide bonds. The Morgan fingerprint density at radius 1 is 0.786 bits per heavy atom. The summed E-state index contributed by atoms with van der Waals surface area (Å²) in [5, 5.41) is 8.73. The van der Waals surface area contributed by atoms with Crippen molar-refractivity contribution in [2.75, 3.05) is 6.61 Å². The van der Waals surface area contributed by atoms with Crippen LogP contribution in [-0.2, 0) is 34.6 Å². The summed E-state index contributed by atoms with van der Waals surface area (Å²) in [5.74, 6) is -4.08. The number of aliphatic carboxylic acids is 1. The fourth-order valence-electron chi connectivity index (χ4n) is 2.66. The van der Waals surface area contributed by atoms with E-state index in [-0.39, 0.29) is 6.61 Å². The van der Waals surface area contributed by atoms with Gasteiger partial charge in [-0.2, -0.15) is 16.8 Å². The minimum Gasteiger partial charge on any atom is -0.481 e. The van der Waals surface area contributed by atoms with E-state index in [1.54, 1.807) is 0 Å². The third-order valence-electron chi connectivity index (χ3n) is 4.26. The second-order valence-corrected chi connectivity index (χ2v) is 10.1. The van der Waals surface area contributed by atoms with E-state index in [9.17, 15) is 26.4 Å². The highest BCUT2D eigenvalue weighted by molar-refractivity contribution is 8.06. The van der Waals surface area contributed by atoms with E-state index in [0.29, 0.717) is 12.8 Å². The molecule has 12 heteroatoms. The van der Waals surface area contributed by atoms with Gasteiger partial charge in [0.05, 0.1) is 13.0 Å². The Hall–Kier alpha value is -1.24. The van der Waals surface area contributed by atoms with Gasteiger partial charge in [0.2, 0.25) is 0 Å². The largest absolute Gasteiger partial charge is 0.481 e. The zero-order valence-electron chi connectivity index (χ0n) is 16.0. The number of carbonyl (C=O) groups is 2. The Morgan fingerprint density at radius 3 is 1.54 bits per heavy atom. The average molecular weight is 447 g/mol. The number of unbranched alkanes of at least 4 members (excludes halogenated alkanes) is 9. The van der Waals surface area contributed by atoms with Crippen LogP contribution in [0.4, 0.5) is 0 Å². The minimum absolute atomic E-state index is 0.293. The third kappa shape index (κ3) is 8.41. The maximum atomic E-state index is 12.0. The van der Waals surface area contributed by atoms with Gasteiger partial charge in [-0.1, -0.05) is 64.7 Å². The molecule has 0 aliphatic heterocycles. The maximum absolute atomic E-state index is 12.0. The Morgan fingerprint density at radius 2 is 1.18 bits per heavy atom. The number of hydrogen-bond acceptors (Lipinski definition) is 7. The predicted octanol–water partition coefficient (Wildman–Crippen LogP) is 2.40. The molecule has 0 saturated heterocycles. The molecule has 0 spiro atoms. The quantitative estimate of drug-likeness (QED) is 0.181. The summed E-state index contributed by atoms with van der Waals surface area (Å²) in [6.07, 6.45) is 7.85. The summed E-state index contributed by atoms with van der Waals surface area (Å²) in [5.41, 5.74) is 0. The lowest BCUT2D eigenvalue weighted by Crippen LogP contribution is -2.55. The lowest BCUT2D eigenvalue weighted by molar-refractivity contribution is -0.149. The van der Waals surface area contributed by atoms with Gasteiger partial charge in [0.15, 0.2) is 0 Å². The molecular weight excluding hydrogens is 416 g/mol. The zero-order valence-corrected chi connectivity index (χ0v) is 17.6. The van der Waals surface area contributed by atoms with Gasteiger partial charge in [-0.15, -0.1) is 0 Å². The van der Waals surface area contributed by atoms with E-state index in [0.717, 1.165) is 25.7 Å². The predicted molar refractivity (Wildman–Crippen MR) is 101 cm³/mol. The SMILES string of the molecule is CCCCCCCCCCCCOC(=O)C(CC(=O)O)(S(=O)(=O)O)S(=O)(=O)O. The summed E-state index contributed by atoms with van der Waals surface area (Å²) in [7, 11) is -11.7. The van der Waals surface area contributed by atoms with Crippen LogP contribution in [-0.4, -0.2) is 53.7 Å². The molecule has 0 bridgehead atoms. The van der Waals surface area contributed by atoms with Gasteiger partial charge in [0, 0.05) is 0 Å². The lowest BCUT2D eigenvalue weighted by Gasteiger charge is -2.23. The van der Waals surface area contributed by atoms with Crippen molar-refractivity contribution in [1.29, 1.82) is 0 Å². The normalized spacial score (nSPS) is 12.7. The van der Waals surface area contributed by atoms with Crippen molar-refractivity contribution in [1.82, 2.24) is 0 Å². The molecule has 3 N–H and O–H groups in total. The van der Waals surface area contributed by atoms with E-state index in [1.165, 1.54) is 25.7 Å². The number of ether oxygens (including phenoxy) is 1. The Bertz CT molecular complexity index is 665. The van der Waals surface area contributed by atoms with E-state index in [1.807, 2.05) is 0 Å². The monoisotopic (exact) mass is 446 g/mol. The molecule has 0 saturated carbocycles. The van der Waals surface area contributed by atoms with E-state index in [2.05, 4.69) is 11.7 Å². The third-order valence-corrected chi connectivity index (χ3v) is 7.81. The highest BCUT2D eigenvalue weighted by Gasteiger charge is 2.64. The minimum atomic E-state index is -5.84. The Balaban J connectivity index is 4.55. The molecule has 0 aromatic carbocycles. The molecule has 0 radical (unpaired) electrons. The molecule has 0 heterocycles. The molecule has 28 heavy (non-hydrogen) atoms. The second-order valence-electron chi connectivity index (χ2n) is 6.59. The van der Waals surface area contributed by atoms with Gasteiger partial charge in [-0.25, -0.2) is 4.79 Å². The van der Waals surface area contributed by atoms with Crippen LogP contribution >= 0.6 is 0 Å². The maximum Gasteiger partial charge on any atom is 0.349 e. The van der Waals surface area contributed by atoms with Crippen LogP contribution in [0.3, 0.4) is 0 Å². The highest BCUT2D eigenvalue weighted by atomic mass is 32.3. The standard InChI is InChI=1S/C16H30O10S2/c1-2-3-4-5-6-7-8-9-10-11-12-26-15(19)16(13-14(17)18,27(20,21)22)28(23,24)25/h2-13H2,1H3,(H,17,18)(H,20,21,22)(H,23,24,25). The van der Waals surface area contributed by atoms with Crippen molar-refractivity contribution in [3.8, 4) is 0 Å². The van der Waals surface area contributed by atoms with Gasteiger partial charge >= 0.3 is 16.0 Å². The Labute approximate surface area is 166 Å². The Kier molecular flexibility index (Phi) is 11.8. The molecule has 0 unspecified atom stereocenters. The van der Waals surface area contributed by atoms with Crippen LogP contribution in [0.1, 0.15) is 77.6 Å². The van der Waals surface area contributed by atoms with E-state index < -0.39 is 42.7 Å². The molecule has 0 rings (SSSR count). The molecule has 0 aliphatic rings. The first kappa shape index (κ1) is 26.8. The number of carboxylic acid groups (broad SMARTS) is 1. The van der Waals surface area contributed by atoms with Crippen LogP contribution in [0.15, 0.2) is 0 Å². The molecule has 0 aliphatic carbocycles. The van der Waals surface area contributed by atoms with Crippen molar-refractivity contribution in [3.05, 3.63) is 0 Å². The number of rotatable bonds is 16. The van der Waals surface area contributed by atoms with Gasteiger partial charge in [0.1, 0.15) is 0 Å². The molecule has 10 nitrogen and oxygen atoms in total. The van der Waals surface area contributed by atoms with Crippen molar-refractivity contribution in [2.45, 2.75) is 81.6 Å². The van der Waals surface area contributed by atoms with Gasteiger partial charge in [0.25, 0.3) is 20.2 Å². The van der Waals surface area contributed by atoms with Crippen molar-refractivity contribution in [3.63, 3.8) is 0 Å². The smallest absolute Gasteiger partial charge is 0.349 e. The van der Waals surface area contributed by atoms with E-state index >= 15 is 0 Å². The second kappa shape index (κ2) is 12.3. The zero-order chi connectivity index (χ0) is 21.8. The van der Waals surface area contributed by atoms with Crippen LogP contribution in [0.2, 0.25) is 0 Å². The van der Waals surface area contributed by atoms with Crippen LogP contribution in [0.5, 0.6) is 0 Å². The summed E-state index contributed by atoms with van der Waals surface area (Å²) >= 11 is 0. The summed E-state index contributed by atoms with van der Waals surface area (Å²) in [6, 6.07) is 0. The van der Waals surface area contributed by atoms with Crippen LogP contribution in [0, 0.1) is 0 Å². The summed E-state index contributed by atoms with van der Waals surface area (Å²) in [6.45, 7) is 1.77. The molecule has 166 valence electrons. The summed E-state index contributed by atoms with van der Waals surface area (Å²) in [4.78, 5) is 22.8. The molecule has 0 aromatic heterocycles. The van der Waals surface area contributed by atoms with Gasteiger partial charge < -0.3 is 9.84 Å². The summed E-state index contributed by atoms with van der Waals surface area (Å²) < 4.78 is 64.5. The number of esters is 1. The highest BCUT2D eigenvalue weighted by Crippen LogP contribution is 2.29. The van der Waals surface area contributed by atoms with Crippen molar-refractivity contribution in [2.24, 2.45) is 0 Å². The van der Waals surface area contributed by atoms with Crippen LogP contribution < -0.4 is 0 Å². The van der Waals surface area contributed by atoms with E-state index in [4.69, 9.17) is 14.2 Å². The average Bonchev–Trinajstić information content (AvgIpc) is 2.54. The number of carboxylic acids is 1. The first-order valence-electron chi connectivity index (χ1n) is 9.23.